The Morgan fingerprint density at radius 3 is 2.00 bits per heavy atom. The predicted molar refractivity (Wildman–Crippen MR) is 50.1 cm³/mol. The van der Waals surface area contributed by atoms with Crippen LogP contribution in [0.25, 0.3) is 0 Å². The lowest BCUT2D eigenvalue weighted by molar-refractivity contribution is -0.255. The quantitative estimate of drug-likeness (QED) is 0.218. The Morgan fingerprint density at radius 2 is 1.56 bits per heavy atom. The van der Waals surface area contributed by atoms with Crippen molar-refractivity contribution < 1.29 is 37.0 Å². The van der Waals surface area contributed by atoms with Gasteiger partial charge in [-0.25, -0.2) is 13.2 Å². The molecule has 1 rings (SSSR count). The van der Waals surface area contributed by atoms with Gasteiger partial charge >= 0.3 is 5.97 Å². The number of rotatable bonds is 3. The van der Waals surface area contributed by atoms with E-state index in [1.807, 2.05) is 0 Å². The summed E-state index contributed by atoms with van der Waals surface area (Å²) in [7, 11) is 0. The van der Waals surface area contributed by atoms with Crippen LogP contribution in [0.15, 0.2) is 0 Å². The molecule has 0 aliphatic carbocycles. The number of aromatic carboxylic acids is 1. The fraction of sp³-hybridized carbons (Fsp3) is 0.111. The van der Waals surface area contributed by atoms with Crippen molar-refractivity contribution >= 4 is 24.6 Å². The van der Waals surface area contributed by atoms with Crippen molar-refractivity contribution in [2.24, 2.45) is 0 Å². The third-order valence-corrected chi connectivity index (χ3v) is 2.03. The molecule has 18 heavy (non-hydrogen) atoms. The first kappa shape index (κ1) is 14.3. The first-order chi connectivity index (χ1) is 8.31. The largest absolute Gasteiger partial charge is 0.545 e. The summed E-state index contributed by atoms with van der Waals surface area (Å²) < 4.78 is 55.9. The van der Waals surface area contributed by atoms with E-state index in [9.17, 15) is 32.3 Å². The lowest BCUT2D eigenvalue weighted by Crippen LogP contribution is -2.27. The van der Waals surface area contributed by atoms with Gasteiger partial charge in [0.25, 0.3) is 0 Å². The van der Waals surface area contributed by atoms with Gasteiger partial charge in [-0.2, -0.15) is 17.0 Å². The third kappa shape index (κ3) is 2.40. The van der Waals surface area contributed by atoms with Gasteiger partial charge in [-0.1, -0.05) is 0 Å². The van der Waals surface area contributed by atoms with E-state index in [-0.39, 0.29) is 0 Å². The molecule has 0 spiro atoms. The second-order valence-electron chi connectivity index (χ2n) is 2.88. The van der Waals surface area contributed by atoms with Crippen molar-refractivity contribution in [3.8, 4) is 5.75 Å². The number of carbonyl (C=O) groups excluding carboxylic acids is 2. The summed E-state index contributed by atoms with van der Waals surface area (Å²) in [5.74, 6) is -14.9. The lowest BCUT2D eigenvalue weighted by atomic mass is 10.1. The van der Waals surface area contributed by atoms with Gasteiger partial charge in [0.15, 0.2) is 17.4 Å². The molecule has 0 bridgehead atoms. The molecule has 0 saturated heterocycles. The highest BCUT2D eigenvalue weighted by molar-refractivity contribution is 7.81. The smallest absolute Gasteiger partial charge is 0.321 e. The number of carbonyl (C=O) groups is 2. The number of halogens is 4. The molecule has 4 nitrogen and oxygen atoms in total. The molecule has 1 aromatic rings. The van der Waals surface area contributed by atoms with Gasteiger partial charge in [0.1, 0.15) is 0 Å². The van der Waals surface area contributed by atoms with E-state index in [1.165, 1.54) is 0 Å². The Morgan fingerprint density at radius 1 is 1.06 bits per heavy atom. The Hall–Kier alpha value is -1.77. The Labute approximate surface area is 103 Å². The van der Waals surface area contributed by atoms with Gasteiger partial charge in [-0.05, 0) is 0 Å². The van der Waals surface area contributed by atoms with Crippen molar-refractivity contribution in [3.05, 3.63) is 28.8 Å². The van der Waals surface area contributed by atoms with Crippen LogP contribution in [0, 0.1) is 23.3 Å². The Bertz CT molecular complexity index is 532. The summed E-state index contributed by atoms with van der Waals surface area (Å²) in [6, 6.07) is 0. The van der Waals surface area contributed by atoms with Crippen LogP contribution in [0.4, 0.5) is 17.6 Å². The van der Waals surface area contributed by atoms with Crippen molar-refractivity contribution in [1.29, 1.82) is 0 Å². The van der Waals surface area contributed by atoms with Crippen LogP contribution in [-0.2, 0) is 4.79 Å². The van der Waals surface area contributed by atoms with Gasteiger partial charge in [0.05, 0.1) is 17.3 Å². The number of benzene rings is 1. The molecule has 0 fully saturated rings. The van der Waals surface area contributed by atoms with Crippen LogP contribution >= 0.6 is 12.6 Å². The number of carboxylic acid groups (broad SMARTS) is 1. The van der Waals surface area contributed by atoms with E-state index in [2.05, 4.69) is 17.4 Å². The zero-order chi connectivity index (χ0) is 14.0. The predicted octanol–water partition coefficient (Wildman–Crippen LogP) is 0.442. The van der Waals surface area contributed by atoms with Crippen molar-refractivity contribution in [1.82, 2.24) is 0 Å². The minimum atomic E-state index is -2.37. The van der Waals surface area contributed by atoms with Gasteiger partial charge in [-0.15, -0.1) is 0 Å². The molecule has 98 valence electrons. The average Bonchev–Trinajstić information content (AvgIpc) is 2.32. The van der Waals surface area contributed by atoms with E-state index in [4.69, 9.17) is 0 Å². The minimum Gasteiger partial charge on any atom is -0.545 e. The molecule has 0 N–H and O–H groups in total. The topological polar surface area (TPSA) is 66.4 Å². The molecule has 0 amide bonds. The molecule has 9 heteroatoms. The zero-order valence-electron chi connectivity index (χ0n) is 8.30. The summed E-state index contributed by atoms with van der Waals surface area (Å²) in [5.41, 5.74) is -1.72. The summed E-state index contributed by atoms with van der Waals surface area (Å²) >= 11 is 3.42. The molecular weight excluding hydrogens is 280 g/mol. The van der Waals surface area contributed by atoms with Crippen molar-refractivity contribution in [3.63, 3.8) is 0 Å². The molecule has 0 heterocycles. The molecule has 0 radical (unpaired) electrons. The van der Waals surface area contributed by atoms with E-state index in [0.29, 0.717) is 0 Å². The normalized spacial score (nSPS) is 10.3. The summed E-state index contributed by atoms with van der Waals surface area (Å²) in [6.07, 6.45) is 0. The summed E-state index contributed by atoms with van der Waals surface area (Å²) in [6.45, 7) is 0. The molecule has 0 aliphatic heterocycles. The average molecular weight is 283 g/mol. The number of hydrogen-bond acceptors (Lipinski definition) is 5. The zero-order valence-corrected chi connectivity index (χ0v) is 9.19. The highest BCUT2D eigenvalue weighted by atomic mass is 32.1. The maximum absolute atomic E-state index is 13.2. The molecule has 1 aromatic carbocycles. The van der Waals surface area contributed by atoms with E-state index in [1.54, 1.807) is 0 Å². The standard InChI is InChI=1S/C9H4F4O4S/c10-4-3(9(15)16)8(17-2(14)1-18)7(13)6(12)5(4)11/h18H,1H2,(H,15,16)/p-1. The van der Waals surface area contributed by atoms with Crippen LogP contribution < -0.4 is 9.84 Å². The highest BCUT2D eigenvalue weighted by Gasteiger charge is 2.28. The van der Waals surface area contributed by atoms with Crippen molar-refractivity contribution in [2.75, 3.05) is 5.75 Å². The fourth-order valence-corrected chi connectivity index (χ4v) is 1.10. The summed E-state index contributed by atoms with van der Waals surface area (Å²) in [4.78, 5) is 21.3. The molecule has 0 saturated carbocycles. The molecule has 0 aromatic heterocycles. The van der Waals surface area contributed by atoms with Crippen LogP contribution in [0.5, 0.6) is 5.75 Å². The number of esters is 1. The van der Waals surface area contributed by atoms with Gasteiger partial charge in [0.2, 0.25) is 11.6 Å². The van der Waals surface area contributed by atoms with Crippen LogP contribution in [0.3, 0.4) is 0 Å². The Balaban J connectivity index is 3.56. The molecule has 0 atom stereocenters. The number of ether oxygens (including phenoxy) is 1. The first-order valence-electron chi connectivity index (χ1n) is 4.20. The highest BCUT2D eigenvalue weighted by Crippen LogP contribution is 2.30. The van der Waals surface area contributed by atoms with Gasteiger partial charge in [0, 0.05) is 0 Å². The lowest BCUT2D eigenvalue weighted by Gasteiger charge is -2.13. The second-order valence-corrected chi connectivity index (χ2v) is 3.20. The van der Waals surface area contributed by atoms with Gasteiger partial charge < -0.3 is 14.6 Å². The molecule has 0 unspecified atom stereocenters. The van der Waals surface area contributed by atoms with Crippen LogP contribution in [0.2, 0.25) is 0 Å². The van der Waals surface area contributed by atoms with E-state index >= 15 is 0 Å². The number of thiol groups is 1. The SMILES string of the molecule is O=C(CS)Oc1c(F)c(F)c(F)c(F)c1C(=O)[O-]. The number of hydrogen-bond donors (Lipinski definition) is 1. The maximum atomic E-state index is 13.2. The maximum Gasteiger partial charge on any atom is 0.321 e. The number of carboxylic acids is 1. The van der Waals surface area contributed by atoms with E-state index < -0.39 is 52.3 Å². The van der Waals surface area contributed by atoms with Crippen LogP contribution in [0.1, 0.15) is 10.4 Å². The minimum absolute atomic E-state index is 0.619. The van der Waals surface area contributed by atoms with Gasteiger partial charge in [-0.3, -0.25) is 4.79 Å². The second kappa shape index (κ2) is 5.25. The Kier molecular flexibility index (Phi) is 4.17. The van der Waals surface area contributed by atoms with Crippen LogP contribution in [-0.4, -0.2) is 17.7 Å². The molecule has 0 aliphatic rings. The molecular formula is C9H3F4O4S-. The fourth-order valence-electron chi connectivity index (χ4n) is 1.04. The monoisotopic (exact) mass is 283 g/mol. The van der Waals surface area contributed by atoms with Crippen molar-refractivity contribution in [2.45, 2.75) is 0 Å². The van der Waals surface area contributed by atoms with E-state index in [0.717, 1.165) is 0 Å². The summed E-state index contributed by atoms with van der Waals surface area (Å²) in [5, 5.41) is 10.5. The third-order valence-electron chi connectivity index (χ3n) is 1.77. The first-order valence-corrected chi connectivity index (χ1v) is 4.83.